The molecule has 7 heteroatoms. The summed E-state index contributed by atoms with van der Waals surface area (Å²) >= 11 is 1.38. The Morgan fingerprint density at radius 3 is 2.34 bits per heavy atom. The molecule has 0 bridgehead atoms. The quantitative estimate of drug-likeness (QED) is 0.755. The van der Waals surface area contributed by atoms with Crippen LogP contribution in [-0.2, 0) is 11.3 Å². The van der Waals surface area contributed by atoms with Crippen LogP contribution < -0.4 is 10.1 Å². The van der Waals surface area contributed by atoms with E-state index >= 15 is 0 Å². The zero-order valence-corrected chi connectivity index (χ0v) is 18.1. The molecule has 2 amide bonds. The van der Waals surface area contributed by atoms with Crippen LogP contribution in [0.5, 0.6) is 5.75 Å². The smallest absolute Gasteiger partial charge is 0.262 e. The van der Waals surface area contributed by atoms with Crippen molar-refractivity contribution < 1.29 is 14.3 Å². The third-order valence-corrected chi connectivity index (χ3v) is 6.08. The minimum Gasteiger partial charge on any atom is -0.497 e. The fraction of sp³-hybridized carbons (Fsp3) is 0.455. The van der Waals surface area contributed by atoms with Gasteiger partial charge in [-0.15, -0.1) is 11.3 Å². The maximum absolute atomic E-state index is 13.1. The second kappa shape index (κ2) is 9.89. The number of methoxy groups -OCH3 is 1. The fourth-order valence-electron chi connectivity index (χ4n) is 3.45. The van der Waals surface area contributed by atoms with Gasteiger partial charge in [-0.3, -0.25) is 14.5 Å². The van der Waals surface area contributed by atoms with E-state index in [1.165, 1.54) is 16.9 Å². The normalized spacial score (nSPS) is 15.9. The molecular weight excluding hydrogens is 386 g/mol. The number of piperazine rings is 1. The molecular formula is C22H29N3O3S. The van der Waals surface area contributed by atoms with Crippen molar-refractivity contribution in [1.29, 1.82) is 0 Å². The molecule has 0 radical (unpaired) electrons. The summed E-state index contributed by atoms with van der Waals surface area (Å²) in [5.74, 6) is 0.719. The average molecular weight is 416 g/mol. The van der Waals surface area contributed by atoms with Crippen molar-refractivity contribution in [3.63, 3.8) is 0 Å². The Hall–Kier alpha value is -2.38. The highest BCUT2D eigenvalue weighted by atomic mass is 32.1. The van der Waals surface area contributed by atoms with Crippen LogP contribution in [0.2, 0.25) is 0 Å². The lowest BCUT2D eigenvalue weighted by atomic mass is 10.0. The number of benzene rings is 1. The monoisotopic (exact) mass is 415 g/mol. The van der Waals surface area contributed by atoms with Gasteiger partial charge >= 0.3 is 0 Å². The number of hydrogen-bond donors (Lipinski definition) is 1. The molecule has 0 saturated carbocycles. The van der Waals surface area contributed by atoms with Crippen LogP contribution >= 0.6 is 11.3 Å². The second-order valence-electron chi connectivity index (χ2n) is 7.62. The molecule has 1 aromatic carbocycles. The van der Waals surface area contributed by atoms with E-state index in [-0.39, 0.29) is 17.7 Å². The lowest BCUT2D eigenvalue weighted by Crippen LogP contribution is -2.56. The minimum absolute atomic E-state index is 0.00834. The first-order valence-electron chi connectivity index (χ1n) is 9.96. The minimum atomic E-state index is -0.502. The van der Waals surface area contributed by atoms with Crippen molar-refractivity contribution in [2.45, 2.75) is 26.4 Å². The lowest BCUT2D eigenvalue weighted by Gasteiger charge is -2.37. The van der Waals surface area contributed by atoms with Gasteiger partial charge < -0.3 is 15.0 Å². The van der Waals surface area contributed by atoms with Gasteiger partial charge in [-0.2, -0.15) is 0 Å². The van der Waals surface area contributed by atoms with Gasteiger partial charge in [-0.25, -0.2) is 0 Å². The largest absolute Gasteiger partial charge is 0.497 e. The van der Waals surface area contributed by atoms with E-state index in [0.717, 1.165) is 25.4 Å². The van der Waals surface area contributed by atoms with Crippen LogP contribution in [0, 0.1) is 5.92 Å². The highest BCUT2D eigenvalue weighted by molar-refractivity contribution is 7.12. The zero-order chi connectivity index (χ0) is 20.8. The third kappa shape index (κ3) is 5.58. The van der Waals surface area contributed by atoms with Crippen LogP contribution in [0.3, 0.4) is 0 Å². The zero-order valence-electron chi connectivity index (χ0n) is 17.3. The number of carbonyl (C=O) groups excluding carboxylic acids is 2. The molecule has 0 spiro atoms. The van der Waals surface area contributed by atoms with Gasteiger partial charge in [0.1, 0.15) is 11.8 Å². The number of ether oxygens (including phenoxy) is 1. The molecule has 1 aromatic heterocycles. The number of thiophene rings is 1. The Kier molecular flexibility index (Phi) is 7.28. The maximum atomic E-state index is 13.1. The van der Waals surface area contributed by atoms with Crippen LogP contribution in [0.1, 0.15) is 29.1 Å². The van der Waals surface area contributed by atoms with Crippen molar-refractivity contribution in [1.82, 2.24) is 15.1 Å². The summed E-state index contributed by atoms with van der Waals surface area (Å²) in [6.07, 6.45) is 0. The molecule has 2 heterocycles. The predicted molar refractivity (Wildman–Crippen MR) is 115 cm³/mol. The van der Waals surface area contributed by atoms with Gasteiger partial charge in [-0.1, -0.05) is 32.0 Å². The molecule has 1 atom stereocenters. The standard InChI is InChI=1S/C22H29N3O3S/c1-16(2)20(23-21(26)19-5-4-14-29-19)22(27)25-12-10-24(11-13-25)15-17-6-8-18(28-3)9-7-17/h4-9,14,16,20H,10-13,15H2,1-3H3,(H,23,26)/t20-/m1/s1. The van der Waals surface area contributed by atoms with Gasteiger partial charge in [0, 0.05) is 32.7 Å². The summed E-state index contributed by atoms with van der Waals surface area (Å²) in [6.45, 7) is 7.78. The second-order valence-corrected chi connectivity index (χ2v) is 8.57. The summed E-state index contributed by atoms with van der Waals surface area (Å²) in [5, 5.41) is 4.80. The molecule has 29 heavy (non-hydrogen) atoms. The van der Waals surface area contributed by atoms with E-state index in [4.69, 9.17) is 4.74 Å². The Labute approximate surface area is 176 Å². The first kappa shape index (κ1) is 21.3. The molecule has 1 aliphatic rings. The molecule has 2 aromatic rings. The molecule has 1 N–H and O–H groups in total. The maximum Gasteiger partial charge on any atom is 0.262 e. The predicted octanol–water partition coefficient (Wildman–Crippen LogP) is 2.86. The van der Waals surface area contributed by atoms with Gasteiger partial charge in [0.2, 0.25) is 5.91 Å². The van der Waals surface area contributed by atoms with Gasteiger partial charge in [0.05, 0.1) is 12.0 Å². The molecule has 1 aliphatic heterocycles. The summed E-state index contributed by atoms with van der Waals surface area (Å²) < 4.78 is 5.21. The summed E-state index contributed by atoms with van der Waals surface area (Å²) in [5.41, 5.74) is 1.23. The SMILES string of the molecule is COc1ccc(CN2CCN(C(=O)[C@H](NC(=O)c3cccs3)C(C)C)CC2)cc1. The number of amides is 2. The molecule has 3 rings (SSSR count). The van der Waals surface area contributed by atoms with E-state index in [1.54, 1.807) is 13.2 Å². The van der Waals surface area contributed by atoms with Crippen molar-refractivity contribution in [3.05, 3.63) is 52.2 Å². The van der Waals surface area contributed by atoms with Crippen molar-refractivity contribution in [2.75, 3.05) is 33.3 Å². The number of hydrogen-bond acceptors (Lipinski definition) is 5. The van der Waals surface area contributed by atoms with Crippen LogP contribution in [0.4, 0.5) is 0 Å². The van der Waals surface area contributed by atoms with Gasteiger partial charge in [0.15, 0.2) is 0 Å². The molecule has 0 aliphatic carbocycles. The Bertz CT molecular complexity index is 797. The van der Waals surface area contributed by atoms with Gasteiger partial charge in [0.25, 0.3) is 5.91 Å². The van der Waals surface area contributed by atoms with Crippen LogP contribution in [-0.4, -0.2) is 60.9 Å². The summed E-state index contributed by atoms with van der Waals surface area (Å²) in [6, 6.07) is 11.2. The molecule has 156 valence electrons. The molecule has 0 unspecified atom stereocenters. The Morgan fingerprint density at radius 2 is 1.79 bits per heavy atom. The van der Waals surface area contributed by atoms with E-state index in [2.05, 4.69) is 22.3 Å². The lowest BCUT2D eigenvalue weighted by molar-refractivity contribution is -0.136. The van der Waals surface area contributed by atoms with Gasteiger partial charge in [-0.05, 0) is 35.1 Å². The molecule has 6 nitrogen and oxygen atoms in total. The van der Waals surface area contributed by atoms with E-state index in [0.29, 0.717) is 18.0 Å². The summed E-state index contributed by atoms with van der Waals surface area (Å²) in [7, 11) is 1.67. The van der Waals surface area contributed by atoms with Crippen LogP contribution in [0.15, 0.2) is 41.8 Å². The number of nitrogens with one attached hydrogen (secondary N) is 1. The average Bonchev–Trinajstić information content (AvgIpc) is 3.27. The first-order chi connectivity index (χ1) is 14.0. The van der Waals surface area contributed by atoms with E-state index < -0.39 is 6.04 Å². The number of rotatable bonds is 7. The Balaban J connectivity index is 1.53. The topological polar surface area (TPSA) is 61.9 Å². The first-order valence-corrected chi connectivity index (χ1v) is 10.8. The highest BCUT2D eigenvalue weighted by Crippen LogP contribution is 2.16. The number of carbonyl (C=O) groups is 2. The van der Waals surface area contributed by atoms with E-state index in [9.17, 15) is 9.59 Å². The van der Waals surface area contributed by atoms with E-state index in [1.807, 2.05) is 42.3 Å². The molecule has 1 saturated heterocycles. The van der Waals surface area contributed by atoms with Crippen molar-refractivity contribution in [3.8, 4) is 5.75 Å². The fourth-order valence-corrected chi connectivity index (χ4v) is 4.07. The van der Waals surface area contributed by atoms with Crippen LogP contribution in [0.25, 0.3) is 0 Å². The number of nitrogens with zero attached hydrogens (tertiary/aromatic N) is 2. The summed E-state index contributed by atoms with van der Waals surface area (Å²) in [4.78, 5) is 30.3. The van der Waals surface area contributed by atoms with Crippen molar-refractivity contribution in [2.24, 2.45) is 5.92 Å². The Morgan fingerprint density at radius 1 is 1.10 bits per heavy atom. The third-order valence-electron chi connectivity index (χ3n) is 5.21. The highest BCUT2D eigenvalue weighted by Gasteiger charge is 2.31. The molecule has 1 fully saturated rings. The van der Waals surface area contributed by atoms with Crippen molar-refractivity contribution >= 4 is 23.2 Å².